The Labute approximate surface area is 124 Å². The lowest BCUT2D eigenvalue weighted by molar-refractivity contribution is 0.303. The van der Waals surface area contributed by atoms with E-state index < -0.39 is 0 Å². The smallest absolute Gasteiger partial charge is 0.133 e. The Morgan fingerprint density at radius 2 is 2.21 bits per heavy atom. The molecule has 0 saturated carbocycles. The van der Waals surface area contributed by atoms with Crippen LogP contribution in [0.3, 0.4) is 0 Å². The van der Waals surface area contributed by atoms with Crippen LogP contribution in [-0.4, -0.2) is 32.1 Å². The molecule has 1 rings (SSSR count). The summed E-state index contributed by atoms with van der Waals surface area (Å²) in [4.78, 5) is 2.22. The summed E-state index contributed by atoms with van der Waals surface area (Å²) in [6.07, 6.45) is 1.88. The van der Waals surface area contributed by atoms with Crippen LogP contribution in [0.4, 0.5) is 0 Å². The second kappa shape index (κ2) is 8.19. The van der Waals surface area contributed by atoms with Gasteiger partial charge in [0, 0.05) is 13.1 Å². The van der Waals surface area contributed by atoms with Crippen LogP contribution in [0.2, 0.25) is 0 Å². The third-order valence-corrected chi connectivity index (χ3v) is 3.83. The second-order valence-corrected chi connectivity index (χ2v) is 5.57. The van der Waals surface area contributed by atoms with Crippen molar-refractivity contribution in [2.75, 3.05) is 27.2 Å². The van der Waals surface area contributed by atoms with E-state index in [1.165, 1.54) is 5.56 Å². The highest BCUT2D eigenvalue weighted by Gasteiger charge is 2.09. The molecule has 0 aliphatic rings. The number of nitriles is 1. The molecule has 0 heterocycles. The molecular weight excluding hydrogens is 304 g/mol. The molecule has 0 fully saturated rings. The van der Waals surface area contributed by atoms with Crippen molar-refractivity contribution in [2.45, 2.75) is 19.8 Å². The van der Waals surface area contributed by atoms with Gasteiger partial charge in [0.05, 0.1) is 23.6 Å². The number of hydrogen-bond acceptors (Lipinski definition) is 3. The van der Waals surface area contributed by atoms with Crippen LogP contribution in [0.25, 0.3) is 0 Å². The molecule has 4 heteroatoms. The maximum atomic E-state index is 8.96. The number of hydrogen-bond donors (Lipinski definition) is 0. The molecule has 3 nitrogen and oxygen atoms in total. The monoisotopic (exact) mass is 324 g/mol. The van der Waals surface area contributed by atoms with Gasteiger partial charge in [-0.3, -0.25) is 0 Å². The van der Waals surface area contributed by atoms with Gasteiger partial charge in [-0.05, 0) is 53.5 Å². The number of halogens is 1. The molecule has 0 amide bonds. The van der Waals surface area contributed by atoms with Crippen LogP contribution >= 0.6 is 15.9 Å². The summed E-state index contributed by atoms with van der Waals surface area (Å²) in [5.41, 5.74) is 1.27. The lowest BCUT2D eigenvalue weighted by Crippen LogP contribution is -2.27. The zero-order chi connectivity index (χ0) is 14.3. The molecule has 0 aromatic heterocycles. The minimum atomic E-state index is 0.132. The molecule has 0 spiro atoms. The van der Waals surface area contributed by atoms with Crippen LogP contribution < -0.4 is 4.74 Å². The third kappa shape index (κ3) is 5.22. The van der Waals surface area contributed by atoms with E-state index in [0.29, 0.717) is 0 Å². The lowest BCUT2D eigenvalue weighted by Gasteiger charge is -2.19. The zero-order valence-electron chi connectivity index (χ0n) is 11.8. The normalized spacial score (nSPS) is 12.2. The zero-order valence-corrected chi connectivity index (χ0v) is 13.4. The number of benzene rings is 1. The predicted octanol–water partition coefficient (Wildman–Crippen LogP) is 3.48. The molecule has 19 heavy (non-hydrogen) atoms. The summed E-state index contributed by atoms with van der Waals surface area (Å²) < 4.78 is 6.20. The first-order valence-corrected chi connectivity index (χ1v) is 7.30. The number of likely N-dealkylation sites (N-methyl/N-ethyl adjacent to an activating group) is 1. The average Bonchev–Trinajstić information content (AvgIpc) is 2.42. The van der Waals surface area contributed by atoms with Gasteiger partial charge >= 0.3 is 0 Å². The Hall–Kier alpha value is -1.05. The summed E-state index contributed by atoms with van der Waals surface area (Å²) in [6.45, 7) is 3.85. The van der Waals surface area contributed by atoms with Crippen LogP contribution in [0.15, 0.2) is 22.7 Å². The minimum absolute atomic E-state index is 0.132. The van der Waals surface area contributed by atoms with Gasteiger partial charge in [0.2, 0.25) is 0 Å². The van der Waals surface area contributed by atoms with Crippen molar-refractivity contribution < 1.29 is 4.74 Å². The van der Waals surface area contributed by atoms with E-state index >= 15 is 0 Å². The predicted molar refractivity (Wildman–Crippen MR) is 81.3 cm³/mol. The largest absolute Gasteiger partial charge is 0.496 e. The van der Waals surface area contributed by atoms with Crippen molar-refractivity contribution in [3.63, 3.8) is 0 Å². The van der Waals surface area contributed by atoms with Crippen molar-refractivity contribution >= 4 is 15.9 Å². The van der Waals surface area contributed by atoms with E-state index in [1.54, 1.807) is 7.11 Å². The molecule has 0 N–H and O–H groups in total. The lowest BCUT2D eigenvalue weighted by atomic mass is 10.1. The highest BCUT2D eigenvalue weighted by atomic mass is 79.9. The average molecular weight is 325 g/mol. The molecule has 0 radical (unpaired) electrons. The molecule has 0 bridgehead atoms. The Balaban J connectivity index is 2.48. The number of nitrogens with zero attached hydrogens (tertiary/aromatic N) is 2. The molecule has 0 aliphatic heterocycles. The molecule has 1 aromatic rings. The standard InChI is InChI=1S/C15H21BrN2O/c1-4-12(10-17)11-18(2)8-7-13-5-6-15(19-3)14(16)9-13/h5-6,9,12H,4,7-8,11H2,1-3H3. The highest BCUT2D eigenvalue weighted by molar-refractivity contribution is 9.10. The van der Waals surface area contributed by atoms with Crippen LogP contribution in [0.5, 0.6) is 5.75 Å². The van der Waals surface area contributed by atoms with Crippen molar-refractivity contribution in [2.24, 2.45) is 5.92 Å². The van der Waals surface area contributed by atoms with Crippen LogP contribution in [-0.2, 0) is 6.42 Å². The Bertz CT molecular complexity index is 442. The molecule has 1 unspecified atom stereocenters. The van der Waals surface area contributed by atoms with E-state index in [4.69, 9.17) is 10.00 Å². The summed E-state index contributed by atoms with van der Waals surface area (Å²) in [7, 11) is 3.74. The molecule has 0 aliphatic carbocycles. The van der Waals surface area contributed by atoms with Crippen molar-refractivity contribution in [3.8, 4) is 11.8 Å². The van der Waals surface area contributed by atoms with Crippen molar-refractivity contribution in [1.82, 2.24) is 4.90 Å². The Kier molecular flexibility index (Phi) is 6.90. The first kappa shape index (κ1) is 16.0. The first-order chi connectivity index (χ1) is 9.10. The Morgan fingerprint density at radius 3 is 2.74 bits per heavy atom. The topological polar surface area (TPSA) is 36.3 Å². The van der Waals surface area contributed by atoms with E-state index in [9.17, 15) is 0 Å². The summed E-state index contributed by atoms with van der Waals surface area (Å²) >= 11 is 3.50. The molecule has 104 valence electrons. The van der Waals surface area contributed by atoms with Gasteiger partial charge in [0.25, 0.3) is 0 Å². The highest BCUT2D eigenvalue weighted by Crippen LogP contribution is 2.25. The molecule has 1 atom stereocenters. The van der Waals surface area contributed by atoms with Gasteiger partial charge < -0.3 is 9.64 Å². The number of methoxy groups -OCH3 is 1. The molecule has 1 aromatic carbocycles. The van der Waals surface area contributed by atoms with E-state index in [2.05, 4.69) is 53.0 Å². The van der Waals surface area contributed by atoms with Crippen molar-refractivity contribution in [1.29, 1.82) is 5.26 Å². The summed E-state index contributed by atoms with van der Waals surface area (Å²) in [6, 6.07) is 8.49. The Morgan fingerprint density at radius 1 is 1.47 bits per heavy atom. The number of ether oxygens (including phenoxy) is 1. The third-order valence-electron chi connectivity index (χ3n) is 3.21. The summed E-state index contributed by atoms with van der Waals surface area (Å²) in [5.74, 6) is 0.986. The number of rotatable bonds is 7. The van der Waals surface area contributed by atoms with Crippen LogP contribution in [0.1, 0.15) is 18.9 Å². The van der Waals surface area contributed by atoms with E-state index in [-0.39, 0.29) is 5.92 Å². The summed E-state index contributed by atoms with van der Waals surface area (Å²) in [5, 5.41) is 8.96. The fraction of sp³-hybridized carbons (Fsp3) is 0.533. The SMILES string of the molecule is CCC(C#N)CN(C)CCc1ccc(OC)c(Br)c1. The van der Waals surface area contributed by atoms with Gasteiger partial charge in [0.15, 0.2) is 0 Å². The van der Waals surface area contributed by atoms with Gasteiger partial charge in [-0.2, -0.15) is 5.26 Å². The molecule has 0 saturated heterocycles. The maximum absolute atomic E-state index is 8.96. The maximum Gasteiger partial charge on any atom is 0.133 e. The van der Waals surface area contributed by atoms with E-state index in [0.717, 1.165) is 36.2 Å². The fourth-order valence-electron chi connectivity index (χ4n) is 1.91. The van der Waals surface area contributed by atoms with Gasteiger partial charge in [-0.25, -0.2) is 0 Å². The van der Waals surface area contributed by atoms with Gasteiger partial charge in [-0.15, -0.1) is 0 Å². The minimum Gasteiger partial charge on any atom is -0.496 e. The molecular formula is C15H21BrN2O. The van der Waals surface area contributed by atoms with Crippen molar-refractivity contribution in [3.05, 3.63) is 28.2 Å². The fourth-order valence-corrected chi connectivity index (χ4v) is 2.50. The first-order valence-electron chi connectivity index (χ1n) is 6.51. The van der Waals surface area contributed by atoms with Gasteiger partial charge in [0.1, 0.15) is 5.75 Å². The van der Waals surface area contributed by atoms with Gasteiger partial charge in [-0.1, -0.05) is 13.0 Å². The second-order valence-electron chi connectivity index (χ2n) is 4.72. The van der Waals surface area contributed by atoms with E-state index in [1.807, 2.05) is 6.07 Å². The quantitative estimate of drug-likeness (QED) is 0.770. The van der Waals surface area contributed by atoms with Crippen LogP contribution in [0, 0.1) is 17.2 Å².